The molecule has 1 aliphatic carbocycles. The third kappa shape index (κ3) is 6.68. The van der Waals surface area contributed by atoms with Crippen LogP contribution in [0.15, 0.2) is 53.6 Å². The highest BCUT2D eigenvalue weighted by atomic mass is 32.2. The highest BCUT2D eigenvalue weighted by Crippen LogP contribution is 2.45. The van der Waals surface area contributed by atoms with Crippen LogP contribution in [-0.2, 0) is 20.0 Å². The van der Waals surface area contributed by atoms with Crippen LogP contribution in [0.5, 0.6) is 0 Å². The number of nitrogens with one attached hydrogen (secondary N) is 2. The summed E-state index contributed by atoms with van der Waals surface area (Å²) in [4.78, 5) is 13.4. The van der Waals surface area contributed by atoms with Crippen molar-refractivity contribution in [1.82, 2.24) is 19.3 Å². The molecular formula is C29H29F3N6O4S3. The van der Waals surface area contributed by atoms with Crippen molar-refractivity contribution in [3.63, 3.8) is 0 Å². The van der Waals surface area contributed by atoms with Gasteiger partial charge < -0.3 is 5.32 Å². The third-order valence-electron chi connectivity index (χ3n) is 7.92. The van der Waals surface area contributed by atoms with Crippen LogP contribution in [0.25, 0.3) is 21.8 Å². The number of rotatable bonds is 9. The Morgan fingerprint density at radius 2 is 1.71 bits per heavy atom. The van der Waals surface area contributed by atoms with Gasteiger partial charge in [0.25, 0.3) is 10.0 Å². The van der Waals surface area contributed by atoms with E-state index < -0.39 is 48.1 Å². The summed E-state index contributed by atoms with van der Waals surface area (Å²) in [5, 5.41) is 4.08. The highest BCUT2D eigenvalue weighted by molar-refractivity contribution is 7.92. The fourth-order valence-electron chi connectivity index (χ4n) is 5.27. The van der Waals surface area contributed by atoms with Gasteiger partial charge in [-0.3, -0.25) is 4.72 Å². The van der Waals surface area contributed by atoms with E-state index in [1.165, 1.54) is 40.1 Å². The first-order valence-corrected chi connectivity index (χ1v) is 18.4. The number of piperidine rings is 1. The first kappa shape index (κ1) is 31.4. The van der Waals surface area contributed by atoms with Crippen LogP contribution < -0.4 is 10.0 Å². The molecule has 2 aliphatic rings. The van der Waals surface area contributed by atoms with E-state index in [0.717, 1.165) is 30.3 Å². The van der Waals surface area contributed by atoms with Crippen molar-refractivity contribution in [3.05, 3.63) is 71.1 Å². The molecule has 0 unspecified atom stereocenters. The van der Waals surface area contributed by atoms with Gasteiger partial charge in [0.1, 0.15) is 16.5 Å². The van der Waals surface area contributed by atoms with Crippen molar-refractivity contribution < 1.29 is 30.0 Å². The van der Waals surface area contributed by atoms with Gasteiger partial charge in [-0.2, -0.15) is 0 Å². The summed E-state index contributed by atoms with van der Waals surface area (Å²) in [5.74, 6) is -2.53. The van der Waals surface area contributed by atoms with E-state index in [-0.39, 0.29) is 23.2 Å². The fraction of sp³-hybridized carbons (Fsp3) is 0.345. The number of halogens is 3. The molecule has 0 bridgehead atoms. The maximum absolute atomic E-state index is 16.1. The Bertz CT molecular complexity index is 1960. The average molecular weight is 679 g/mol. The number of thiazole rings is 1. The molecule has 1 aliphatic heterocycles. The lowest BCUT2D eigenvalue weighted by atomic mass is 9.86. The van der Waals surface area contributed by atoms with Crippen LogP contribution in [0, 0.1) is 17.5 Å². The molecule has 2 aromatic carbocycles. The van der Waals surface area contributed by atoms with Crippen LogP contribution in [0.1, 0.15) is 43.0 Å². The maximum Gasteiger partial charge on any atom is 0.265 e. The quantitative estimate of drug-likeness (QED) is 0.234. The lowest BCUT2D eigenvalue weighted by molar-refractivity contribution is 0.331. The zero-order valence-corrected chi connectivity index (χ0v) is 26.5. The average Bonchev–Trinajstić information content (AvgIpc) is 3.38. The monoisotopic (exact) mass is 678 g/mol. The SMILES string of the molecule is CS(=O)(=O)N1CCC(Nc2nccc(-c3sc(C4CCC4)nc3-c3cccc(NS(=O)(=O)c4cc(F)ccc4F)c3F)n2)CC1. The summed E-state index contributed by atoms with van der Waals surface area (Å²) in [5.41, 5.74) is 0.300. The second-order valence-electron chi connectivity index (χ2n) is 11.1. The van der Waals surface area contributed by atoms with E-state index in [0.29, 0.717) is 54.6 Å². The molecule has 45 heavy (non-hydrogen) atoms. The molecule has 16 heteroatoms. The van der Waals surface area contributed by atoms with Crippen molar-refractivity contribution in [3.8, 4) is 21.8 Å². The van der Waals surface area contributed by atoms with Gasteiger partial charge in [-0.15, -0.1) is 11.3 Å². The van der Waals surface area contributed by atoms with Gasteiger partial charge >= 0.3 is 0 Å². The third-order valence-corrected chi connectivity index (χ3v) is 11.8. The van der Waals surface area contributed by atoms with Crippen LogP contribution in [0.3, 0.4) is 0 Å². The number of benzene rings is 2. The molecule has 0 atom stereocenters. The Morgan fingerprint density at radius 3 is 2.40 bits per heavy atom. The molecular weight excluding hydrogens is 650 g/mol. The van der Waals surface area contributed by atoms with E-state index in [1.54, 1.807) is 12.3 Å². The zero-order valence-electron chi connectivity index (χ0n) is 24.0. The minimum Gasteiger partial charge on any atom is -0.351 e. The van der Waals surface area contributed by atoms with Gasteiger partial charge in [0.05, 0.1) is 33.2 Å². The Kier molecular flexibility index (Phi) is 8.58. The molecule has 1 saturated carbocycles. The number of hydrogen-bond donors (Lipinski definition) is 2. The molecule has 2 fully saturated rings. The largest absolute Gasteiger partial charge is 0.351 e. The Hall–Kier alpha value is -3.60. The van der Waals surface area contributed by atoms with Gasteiger partial charge in [-0.25, -0.2) is 49.3 Å². The molecule has 4 aromatic rings. The second kappa shape index (κ2) is 12.3. The van der Waals surface area contributed by atoms with Crippen LogP contribution >= 0.6 is 11.3 Å². The summed E-state index contributed by atoms with van der Waals surface area (Å²) >= 11 is 1.38. The second-order valence-corrected chi connectivity index (χ2v) is 15.7. The van der Waals surface area contributed by atoms with Crippen LogP contribution in [0.4, 0.5) is 24.8 Å². The number of aromatic nitrogens is 3. The lowest BCUT2D eigenvalue weighted by Gasteiger charge is -2.30. The van der Waals surface area contributed by atoms with E-state index in [9.17, 15) is 25.6 Å². The van der Waals surface area contributed by atoms with E-state index in [2.05, 4.69) is 15.3 Å². The number of hydrogen-bond acceptors (Lipinski definition) is 9. The van der Waals surface area contributed by atoms with Crippen LogP contribution in [0.2, 0.25) is 0 Å². The first-order valence-electron chi connectivity index (χ1n) is 14.2. The fourth-order valence-corrected chi connectivity index (χ4v) is 8.51. The molecule has 0 spiro atoms. The van der Waals surface area contributed by atoms with Crippen molar-refractivity contribution >= 4 is 43.0 Å². The van der Waals surface area contributed by atoms with E-state index in [1.807, 2.05) is 4.72 Å². The topological polar surface area (TPSA) is 134 Å². The number of anilines is 2. The van der Waals surface area contributed by atoms with Gasteiger partial charge in [0, 0.05) is 36.8 Å². The molecule has 238 valence electrons. The predicted octanol–water partition coefficient (Wildman–Crippen LogP) is 5.59. The molecule has 2 aromatic heterocycles. The van der Waals surface area contributed by atoms with Gasteiger partial charge in [0.2, 0.25) is 16.0 Å². The molecule has 2 N–H and O–H groups in total. The van der Waals surface area contributed by atoms with Crippen LogP contribution in [-0.4, -0.2) is 61.5 Å². The Morgan fingerprint density at radius 1 is 0.956 bits per heavy atom. The summed E-state index contributed by atoms with van der Waals surface area (Å²) in [6.07, 6.45) is 6.84. The van der Waals surface area contributed by atoms with Crippen molar-refractivity contribution in [1.29, 1.82) is 0 Å². The van der Waals surface area contributed by atoms with Crippen molar-refractivity contribution in [2.45, 2.75) is 49.0 Å². The number of sulfonamides is 2. The minimum absolute atomic E-state index is 0.00741. The van der Waals surface area contributed by atoms with Crippen molar-refractivity contribution in [2.75, 3.05) is 29.4 Å². The standard InChI is InChI=1S/C29H29F3N6O4S3/c1-44(39,40)38-14-11-19(12-15-38)34-29-33-13-10-23(35-29)27-26(36-28(43-27)17-4-2-5-17)20-6-3-7-22(25(20)32)37-45(41,42)24-16-18(30)8-9-21(24)31/h3,6-10,13,16-17,19,37H,2,4-5,11-12,14-15H2,1H3,(H,33,34,35). The zero-order chi connectivity index (χ0) is 31.9. The van der Waals surface area contributed by atoms with E-state index in [4.69, 9.17) is 4.98 Å². The predicted molar refractivity (Wildman–Crippen MR) is 165 cm³/mol. The smallest absolute Gasteiger partial charge is 0.265 e. The molecule has 6 rings (SSSR count). The molecule has 0 radical (unpaired) electrons. The molecule has 0 amide bonds. The molecule has 1 saturated heterocycles. The molecule has 3 heterocycles. The van der Waals surface area contributed by atoms with Crippen molar-refractivity contribution in [2.24, 2.45) is 0 Å². The summed E-state index contributed by atoms with van der Waals surface area (Å²) < 4.78 is 97.1. The highest BCUT2D eigenvalue weighted by Gasteiger charge is 2.29. The molecule has 10 nitrogen and oxygen atoms in total. The lowest BCUT2D eigenvalue weighted by Crippen LogP contribution is -2.42. The Labute approximate surface area is 262 Å². The normalized spacial score (nSPS) is 16.8. The summed E-state index contributed by atoms with van der Waals surface area (Å²) in [6, 6.07) is 7.73. The maximum atomic E-state index is 16.1. The summed E-state index contributed by atoms with van der Waals surface area (Å²) in [6.45, 7) is 0.760. The number of nitrogens with zero attached hydrogens (tertiary/aromatic N) is 4. The Balaban J connectivity index is 1.32. The van der Waals surface area contributed by atoms with E-state index >= 15 is 4.39 Å². The van der Waals surface area contributed by atoms with Gasteiger partial charge in [-0.05, 0) is 62.1 Å². The minimum atomic E-state index is -4.67. The summed E-state index contributed by atoms with van der Waals surface area (Å²) in [7, 11) is -7.94. The van der Waals surface area contributed by atoms with Gasteiger partial charge in [0.15, 0.2) is 5.82 Å². The van der Waals surface area contributed by atoms with Gasteiger partial charge in [-0.1, -0.05) is 12.5 Å². The first-order chi connectivity index (χ1) is 21.4.